The molecule has 0 radical (unpaired) electrons. The van der Waals surface area contributed by atoms with E-state index in [0.29, 0.717) is 11.8 Å². The molecule has 0 bridgehead atoms. The van der Waals surface area contributed by atoms with Crippen molar-refractivity contribution in [3.05, 3.63) is 48.3 Å². The van der Waals surface area contributed by atoms with Gasteiger partial charge in [-0.05, 0) is 35.1 Å². The Morgan fingerprint density at radius 3 is 2.43 bits per heavy atom. The van der Waals surface area contributed by atoms with Crippen LogP contribution in [0.5, 0.6) is 0 Å². The van der Waals surface area contributed by atoms with Gasteiger partial charge in [0.05, 0.1) is 0 Å². The van der Waals surface area contributed by atoms with Crippen LogP contribution in [0, 0.1) is 11.8 Å². The summed E-state index contributed by atoms with van der Waals surface area (Å²) in [4.78, 5) is 4.02. The smallest absolute Gasteiger partial charge is 0.0273 e. The predicted octanol–water partition coefficient (Wildman–Crippen LogP) is 3.31. The van der Waals surface area contributed by atoms with Crippen molar-refractivity contribution in [2.75, 3.05) is 0 Å². The monoisotopic (exact) mass is 185 g/mol. The van der Waals surface area contributed by atoms with Gasteiger partial charge in [-0.2, -0.15) is 0 Å². The van der Waals surface area contributed by atoms with E-state index in [1.54, 1.807) is 0 Å². The molecule has 1 aliphatic rings. The minimum atomic E-state index is 0.628. The van der Waals surface area contributed by atoms with Crippen LogP contribution in [0.3, 0.4) is 0 Å². The Balaban J connectivity index is 2.30. The molecule has 0 fully saturated rings. The second-order valence-corrected chi connectivity index (χ2v) is 3.94. The molecule has 2 rings (SSSR count). The van der Waals surface area contributed by atoms with Gasteiger partial charge in [0.15, 0.2) is 0 Å². The van der Waals surface area contributed by atoms with Gasteiger partial charge in [0.1, 0.15) is 0 Å². The van der Waals surface area contributed by atoms with Gasteiger partial charge < -0.3 is 0 Å². The Labute approximate surface area is 85.2 Å². The van der Waals surface area contributed by atoms with E-state index in [2.05, 4.69) is 49.2 Å². The van der Waals surface area contributed by atoms with Crippen LogP contribution in [0.15, 0.2) is 42.8 Å². The normalized spacial score (nSPS) is 26.0. The zero-order valence-corrected chi connectivity index (χ0v) is 8.64. The molecule has 0 aliphatic heterocycles. The minimum absolute atomic E-state index is 0.628. The third kappa shape index (κ3) is 1.77. The molecule has 1 heteroatoms. The molecule has 1 nitrogen and oxygen atoms in total. The molecule has 1 aromatic rings. The van der Waals surface area contributed by atoms with E-state index in [0.717, 1.165) is 0 Å². The van der Waals surface area contributed by atoms with Crippen molar-refractivity contribution in [3.8, 4) is 0 Å². The van der Waals surface area contributed by atoms with Gasteiger partial charge in [0.2, 0.25) is 0 Å². The molecule has 1 aliphatic carbocycles. The molecule has 0 aromatic carbocycles. The number of hydrogen-bond acceptors (Lipinski definition) is 1. The van der Waals surface area contributed by atoms with Crippen molar-refractivity contribution in [3.63, 3.8) is 0 Å². The maximum Gasteiger partial charge on any atom is 0.0273 e. The van der Waals surface area contributed by atoms with E-state index in [9.17, 15) is 0 Å². The van der Waals surface area contributed by atoms with Crippen molar-refractivity contribution < 1.29 is 0 Å². The minimum Gasteiger partial charge on any atom is -0.265 e. The number of aromatic nitrogens is 1. The number of pyridine rings is 1. The highest BCUT2D eigenvalue weighted by atomic mass is 14.6. The third-order valence-electron chi connectivity index (χ3n) is 2.86. The SMILES string of the molecule is CC1C=CC(c2ccncc2)=CC1C. The molecule has 14 heavy (non-hydrogen) atoms. The van der Waals surface area contributed by atoms with E-state index in [1.165, 1.54) is 11.1 Å². The van der Waals surface area contributed by atoms with Crippen LogP contribution in [-0.4, -0.2) is 4.98 Å². The van der Waals surface area contributed by atoms with Gasteiger partial charge in [-0.25, -0.2) is 0 Å². The fourth-order valence-electron chi connectivity index (χ4n) is 1.66. The molecule has 72 valence electrons. The Morgan fingerprint density at radius 1 is 1.07 bits per heavy atom. The first-order valence-electron chi connectivity index (χ1n) is 5.08. The number of nitrogens with zero attached hydrogens (tertiary/aromatic N) is 1. The summed E-state index contributed by atoms with van der Waals surface area (Å²) in [5.74, 6) is 1.28. The summed E-state index contributed by atoms with van der Waals surface area (Å²) in [6.45, 7) is 4.51. The lowest BCUT2D eigenvalue weighted by atomic mass is 9.87. The van der Waals surface area contributed by atoms with Crippen LogP contribution in [-0.2, 0) is 0 Å². The largest absolute Gasteiger partial charge is 0.265 e. The molecule has 2 atom stereocenters. The molecule has 0 saturated carbocycles. The maximum absolute atomic E-state index is 4.02. The quantitative estimate of drug-likeness (QED) is 0.654. The average Bonchev–Trinajstić information content (AvgIpc) is 2.23. The Hall–Kier alpha value is -1.37. The second kappa shape index (κ2) is 3.79. The zero-order chi connectivity index (χ0) is 9.97. The molecular formula is C13H15N. The van der Waals surface area contributed by atoms with Crippen molar-refractivity contribution in [2.45, 2.75) is 13.8 Å². The summed E-state index contributed by atoms with van der Waals surface area (Å²) in [5, 5.41) is 0. The van der Waals surface area contributed by atoms with Gasteiger partial charge in [-0.3, -0.25) is 4.98 Å². The van der Waals surface area contributed by atoms with Crippen LogP contribution in [0.25, 0.3) is 5.57 Å². The van der Waals surface area contributed by atoms with Gasteiger partial charge in [0, 0.05) is 12.4 Å². The highest BCUT2D eigenvalue weighted by molar-refractivity contribution is 5.74. The number of rotatable bonds is 1. The topological polar surface area (TPSA) is 12.9 Å². The van der Waals surface area contributed by atoms with Crippen LogP contribution >= 0.6 is 0 Å². The summed E-state index contributed by atoms with van der Waals surface area (Å²) in [6.07, 6.45) is 10.5. The standard InChI is InChI=1S/C13H15N/c1-10-3-4-13(9-11(10)2)12-5-7-14-8-6-12/h3-11H,1-2H3. The summed E-state index contributed by atoms with van der Waals surface area (Å²) < 4.78 is 0. The average molecular weight is 185 g/mol. The first-order valence-corrected chi connectivity index (χ1v) is 5.08. The highest BCUT2D eigenvalue weighted by Gasteiger charge is 2.12. The molecule has 1 heterocycles. The van der Waals surface area contributed by atoms with E-state index >= 15 is 0 Å². The van der Waals surface area contributed by atoms with Crippen LogP contribution in [0.2, 0.25) is 0 Å². The number of allylic oxidation sites excluding steroid dienone is 4. The van der Waals surface area contributed by atoms with Gasteiger partial charge in [-0.15, -0.1) is 0 Å². The van der Waals surface area contributed by atoms with E-state index < -0.39 is 0 Å². The van der Waals surface area contributed by atoms with Crippen LogP contribution < -0.4 is 0 Å². The van der Waals surface area contributed by atoms with Crippen LogP contribution in [0.4, 0.5) is 0 Å². The molecule has 0 saturated heterocycles. The third-order valence-corrected chi connectivity index (χ3v) is 2.86. The fraction of sp³-hybridized carbons (Fsp3) is 0.308. The molecule has 2 unspecified atom stereocenters. The summed E-state index contributed by atoms with van der Waals surface area (Å²) >= 11 is 0. The molecule has 0 spiro atoms. The lowest BCUT2D eigenvalue weighted by Crippen LogP contribution is -2.06. The lowest BCUT2D eigenvalue weighted by Gasteiger charge is -2.19. The Bertz CT molecular complexity index is 362. The van der Waals surface area contributed by atoms with Gasteiger partial charge >= 0.3 is 0 Å². The van der Waals surface area contributed by atoms with Crippen molar-refractivity contribution in [1.82, 2.24) is 4.98 Å². The summed E-state index contributed by atoms with van der Waals surface area (Å²) in [6, 6.07) is 4.11. The summed E-state index contributed by atoms with van der Waals surface area (Å²) in [7, 11) is 0. The summed E-state index contributed by atoms with van der Waals surface area (Å²) in [5.41, 5.74) is 2.58. The maximum atomic E-state index is 4.02. The first-order chi connectivity index (χ1) is 6.77. The highest BCUT2D eigenvalue weighted by Crippen LogP contribution is 2.27. The van der Waals surface area contributed by atoms with E-state index in [1.807, 2.05) is 12.4 Å². The Morgan fingerprint density at radius 2 is 1.79 bits per heavy atom. The van der Waals surface area contributed by atoms with Gasteiger partial charge in [-0.1, -0.05) is 32.1 Å². The van der Waals surface area contributed by atoms with E-state index in [4.69, 9.17) is 0 Å². The van der Waals surface area contributed by atoms with Crippen molar-refractivity contribution in [2.24, 2.45) is 11.8 Å². The van der Waals surface area contributed by atoms with Crippen molar-refractivity contribution >= 4 is 5.57 Å². The predicted molar refractivity (Wildman–Crippen MR) is 59.7 cm³/mol. The molecular weight excluding hydrogens is 170 g/mol. The number of hydrogen-bond donors (Lipinski definition) is 0. The molecule has 0 amide bonds. The molecule has 1 aromatic heterocycles. The van der Waals surface area contributed by atoms with Crippen molar-refractivity contribution in [1.29, 1.82) is 0 Å². The van der Waals surface area contributed by atoms with Gasteiger partial charge in [0.25, 0.3) is 0 Å². The first kappa shape index (κ1) is 9.20. The van der Waals surface area contributed by atoms with Crippen LogP contribution in [0.1, 0.15) is 19.4 Å². The second-order valence-electron chi connectivity index (χ2n) is 3.94. The van der Waals surface area contributed by atoms with E-state index in [-0.39, 0.29) is 0 Å². The molecule has 0 N–H and O–H groups in total. The zero-order valence-electron chi connectivity index (χ0n) is 8.64. The lowest BCUT2D eigenvalue weighted by molar-refractivity contribution is 0.554. The Kier molecular flexibility index (Phi) is 2.49. The fourth-order valence-corrected chi connectivity index (χ4v) is 1.66.